The number of methoxy groups -OCH3 is 1. The van der Waals surface area contributed by atoms with Crippen LogP contribution in [0.4, 0.5) is 11.4 Å². The summed E-state index contributed by atoms with van der Waals surface area (Å²) in [5.41, 5.74) is 6.93. The number of thiocarbonyl (C=S) groups is 1. The van der Waals surface area contributed by atoms with E-state index in [0.717, 1.165) is 0 Å². The summed E-state index contributed by atoms with van der Waals surface area (Å²) >= 11 is 11.2. The maximum atomic E-state index is 11.2. The number of carbonyl (C=O) groups excluding carboxylic acids is 1. The molecular formula is C15H14ClN3O2S. The third-order valence-corrected chi connectivity index (χ3v) is 3.25. The van der Waals surface area contributed by atoms with Gasteiger partial charge >= 0.3 is 0 Å². The summed E-state index contributed by atoms with van der Waals surface area (Å²) in [6.45, 7) is 0. The largest absolute Gasteiger partial charge is 0.495 e. The molecule has 0 bridgehead atoms. The molecule has 2 rings (SSSR count). The van der Waals surface area contributed by atoms with Crippen LogP contribution in [0.15, 0.2) is 42.5 Å². The summed E-state index contributed by atoms with van der Waals surface area (Å²) in [5, 5.41) is 6.86. The molecule has 0 radical (unpaired) electrons. The highest BCUT2D eigenvalue weighted by atomic mass is 35.5. The lowest BCUT2D eigenvalue weighted by Gasteiger charge is -2.14. The van der Waals surface area contributed by atoms with E-state index in [2.05, 4.69) is 10.6 Å². The van der Waals surface area contributed by atoms with Crippen LogP contribution in [0.5, 0.6) is 5.75 Å². The van der Waals surface area contributed by atoms with E-state index in [1.54, 1.807) is 49.6 Å². The third kappa shape index (κ3) is 4.09. The zero-order valence-corrected chi connectivity index (χ0v) is 13.3. The van der Waals surface area contributed by atoms with Crippen molar-refractivity contribution in [3.63, 3.8) is 0 Å². The summed E-state index contributed by atoms with van der Waals surface area (Å²) in [5.74, 6) is 0.110. The van der Waals surface area contributed by atoms with Gasteiger partial charge in [-0.1, -0.05) is 17.7 Å². The van der Waals surface area contributed by atoms with Gasteiger partial charge in [-0.15, -0.1) is 0 Å². The van der Waals surface area contributed by atoms with Crippen molar-refractivity contribution >= 4 is 46.2 Å². The second kappa shape index (κ2) is 7.11. The van der Waals surface area contributed by atoms with E-state index in [4.69, 9.17) is 34.3 Å². The monoisotopic (exact) mass is 335 g/mol. The van der Waals surface area contributed by atoms with Gasteiger partial charge < -0.3 is 21.1 Å². The van der Waals surface area contributed by atoms with Gasteiger partial charge in [0.2, 0.25) is 5.91 Å². The molecule has 0 saturated carbocycles. The number of anilines is 2. The van der Waals surface area contributed by atoms with E-state index in [9.17, 15) is 4.79 Å². The van der Waals surface area contributed by atoms with Crippen molar-refractivity contribution in [2.24, 2.45) is 5.73 Å². The lowest BCUT2D eigenvalue weighted by Crippen LogP contribution is -2.20. The van der Waals surface area contributed by atoms with Gasteiger partial charge in [0, 0.05) is 16.3 Å². The quantitative estimate of drug-likeness (QED) is 0.748. The van der Waals surface area contributed by atoms with Crippen molar-refractivity contribution in [3.05, 3.63) is 53.1 Å². The fourth-order valence-corrected chi connectivity index (χ4v) is 2.21. The predicted octanol–water partition coefficient (Wildman–Crippen LogP) is 3.26. The van der Waals surface area contributed by atoms with Gasteiger partial charge in [0.05, 0.1) is 12.8 Å². The summed E-state index contributed by atoms with van der Waals surface area (Å²) in [6.07, 6.45) is 0. The Bertz CT molecular complexity index is 722. The third-order valence-electron chi connectivity index (χ3n) is 2.81. The van der Waals surface area contributed by atoms with Crippen LogP contribution in [0.2, 0.25) is 5.02 Å². The van der Waals surface area contributed by atoms with Crippen molar-refractivity contribution in [2.45, 2.75) is 0 Å². The first-order valence-corrected chi connectivity index (χ1v) is 7.09. The number of nitrogens with one attached hydrogen (secondary N) is 2. The second-order valence-electron chi connectivity index (χ2n) is 4.37. The van der Waals surface area contributed by atoms with E-state index >= 15 is 0 Å². The van der Waals surface area contributed by atoms with Crippen LogP contribution < -0.4 is 21.1 Å². The molecule has 0 unspecified atom stereocenters. The fraction of sp³-hybridized carbons (Fsp3) is 0.0667. The molecule has 0 atom stereocenters. The van der Waals surface area contributed by atoms with Gasteiger partial charge in [-0.2, -0.15) is 0 Å². The highest BCUT2D eigenvalue weighted by molar-refractivity contribution is 7.80. The second-order valence-corrected chi connectivity index (χ2v) is 5.21. The Labute approximate surface area is 138 Å². The van der Waals surface area contributed by atoms with Crippen LogP contribution in [0, 0.1) is 0 Å². The number of rotatable bonds is 4. The van der Waals surface area contributed by atoms with Crippen LogP contribution in [-0.4, -0.2) is 18.1 Å². The molecule has 114 valence electrons. The smallest absolute Gasteiger partial charge is 0.248 e. The number of ether oxygens (including phenoxy) is 1. The SMILES string of the molecule is COc1ccc(Cl)cc1NC(=S)Nc1cccc(C(N)=O)c1. The minimum absolute atomic E-state index is 0.335. The molecule has 0 aromatic heterocycles. The first-order chi connectivity index (χ1) is 10.5. The maximum absolute atomic E-state index is 11.2. The molecular weight excluding hydrogens is 322 g/mol. The van der Waals surface area contributed by atoms with Crippen LogP contribution >= 0.6 is 23.8 Å². The molecule has 5 nitrogen and oxygen atoms in total. The Hall–Kier alpha value is -2.31. The number of primary amides is 1. The molecule has 0 spiro atoms. The molecule has 2 aromatic carbocycles. The Morgan fingerprint density at radius 1 is 1.23 bits per heavy atom. The van der Waals surface area contributed by atoms with Crippen molar-refractivity contribution in [1.82, 2.24) is 0 Å². The molecule has 7 heteroatoms. The molecule has 0 fully saturated rings. The summed E-state index contributed by atoms with van der Waals surface area (Å²) < 4.78 is 5.23. The van der Waals surface area contributed by atoms with Crippen molar-refractivity contribution in [2.75, 3.05) is 17.7 Å². The Morgan fingerprint density at radius 3 is 2.68 bits per heavy atom. The van der Waals surface area contributed by atoms with E-state index < -0.39 is 5.91 Å². The number of halogens is 1. The molecule has 0 heterocycles. The molecule has 4 N–H and O–H groups in total. The van der Waals surface area contributed by atoms with Gasteiger partial charge in [0.25, 0.3) is 0 Å². The lowest BCUT2D eigenvalue weighted by molar-refractivity contribution is 0.100. The standard InChI is InChI=1S/C15H14ClN3O2S/c1-21-13-6-5-10(16)8-12(13)19-15(22)18-11-4-2-3-9(7-11)14(17)20/h2-8H,1H3,(H2,17,20)(H2,18,19,22). The van der Waals surface area contributed by atoms with Gasteiger partial charge in [0.15, 0.2) is 5.11 Å². The number of amides is 1. The molecule has 0 aliphatic rings. The highest BCUT2D eigenvalue weighted by Crippen LogP contribution is 2.27. The van der Waals surface area contributed by atoms with Gasteiger partial charge in [-0.25, -0.2) is 0 Å². The van der Waals surface area contributed by atoms with Gasteiger partial charge in [-0.3, -0.25) is 4.79 Å². The number of carbonyl (C=O) groups is 1. The topological polar surface area (TPSA) is 76.4 Å². The highest BCUT2D eigenvalue weighted by Gasteiger charge is 2.07. The summed E-state index contributed by atoms with van der Waals surface area (Å²) in [6, 6.07) is 11.9. The van der Waals surface area contributed by atoms with E-state index in [1.807, 2.05) is 0 Å². The molecule has 22 heavy (non-hydrogen) atoms. The summed E-state index contributed by atoms with van der Waals surface area (Å²) in [7, 11) is 1.56. The van der Waals surface area contributed by atoms with Crippen molar-refractivity contribution in [3.8, 4) is 5.75 Å². The minimum atomic E-state index is -0.501. The van der Waals surface area contributed by atoms with Crippen LogP contribution in [0.3, 0.4) is 0 Å². The predicted molar refractivity (Wildman–Crippen MR) is 92.8 cm³/mol. The number of hydrogen-bond donors (Lipinski definition) is 3. The average Bonchev–Trinajstić information content (AvgIpc) is 2.47. The molecule has 2 aromatic rings. The zero-order valence-electron chi connectivity index (χ0n) is 11.7. The number of benzene rings is 2. The fourth-order valence-electron chi connectivity index (χ4n) is 1.81. The molecule has 0 aliphatic heterocycles. The molecule has 0 aliphatic carbocycles. The van der Waals surface area contributed by atoms with E-state index in [0.29, 0.717) is 32.8 Å². The normalized spacial score (nSPS) is 9.91. The van der Waals surface area contributed by atoms with E-state index in [-0.39, 0.29) is 0 Å². The first-order valence-electron chi connectivity index (χ1n) is 6.31. The zero-order chi connectivity index (χ0) is 16.1. The maximum Gasteiger partial charge on any atom is 0.248 e. The Morgan fingerprint density at radius 2 is 2.00 bits per heavy atom. The summed E-state index contributed by atoms with van der Waals surface area (Å²) in [4.78, 5) is 11.2. The van der Waals surface area contributed by atoms with Gasteiger partial charge in [0.1, 0.15) is 5.75 Å². The molecule has 1 amide bonds. The first kappa shape index (κ1) is 16.1. The Balaban J connectivity index is 2.12. The van der Waals surface area contributed by atoms with Crippen molar-refractivity contribution in [1.29, 1.82) is 0 Å². The van der Waals surface area contributed by atoms with Crippen LogP contribution in [0.25, 0.3) is 0 Å². The Kier molecular flexibility index (Phi) is 5.19. The van der Waals surface area contributed by atoms with Gasteiger partial charge in [-0.05, 0) is 48.6 Å². The number of hydrogen-bond acceptors (Lipinski definition) is 3. The lowest BCUT2D eigenvalue weighted by atomic mass is 10.2. The van der Waals surface area contributed by atoms with E-state index in [1.165, 1.54) is 0 Å². The van der Waals surface area contributed by atoms with Crippen LogP contribution in [0.1, 0.15) is 10.4 Å². The van der Waals surface area contributed by atoms with Crippen molar-refractivity contribution < 1.29 is 9.53 Å². The average molecular weight is 336 g/mol. The number of nitrogens with two attached hydrogens (primary N) is 1. The minimum Gasteiger partial charge on any atom is -0.495 e. The van der Waals surface area contributed by atoms with Crippen LogP contribution in [-0.2, 0) is 0 Å². The molecule has 0 saturated heterocycles.